The van der Waals surface area contributed by atoms with E-state index in [-0.39, 0.29) is 6.04 Å². The zero-order chi connectivity index (χ0) is 13.7. The van der Waals surface area contributed by atoms with Gasteiger partial charge < -0.3 is 10.1 Å². The SMILES string of the molecule is CCCNC(C1=COCCC1)c1cn(C)nc1CC. The number of aromatic nitrogens is 2. The zero-order valence-corrected chi connectivity index (χ0v) is 12.3. The molecule has 2 heterocycles. The van der Waals surface area contributed by atoms with Crippen molar-refractivity contribution in [3.8, 4) is 0 Å². The third kappa shape index (κ3) is 3.38. The van der Waals surface area contributed by atoms with Gasteiger partial charge in [-0.25, -0.2) is 0 Å². The van der Waals surface area contributed by atoms with Crippen LogP contribution in [0.4, 0.5) is 0 Å². The van der Waals surface area contributed by atoms with Crippen molar-refractivity contribution in [3.05, 3.63) is 29.3 Å². The van der Waals surface area contributed by atoms with Crippen LogP contribution in [0.2, 0.25) is 0 Å². The minimum absolute atomic E-state index is 0.254. The van der Waals surface area contributed by atoms with Gasteiger partial charge in [-0.3, -0.25) is 4.68 Å². The number of hydrogen-bond donors (Lipinski definition) is 1. The summed E-state index contributed by atoms with van der Waals surface area (Å²) in [5, 5.41) is 8.20. The Morgan fingerprint density at radius 3 is 2.95 bits per heavy atom. The standard InChI is InChI=1S/C15H25N3O/c1-4-8-16-15(12-7-6-9-19-11-12)13-10-18(3)17-14(13)5-2/h10-11,15-16H,4-9H2,1-3H3. The normalized spacial score (nSPS) is 16.9. The van der Waals surface area contributed by atoms with Crippen LogP contribution < -0.4 is 5.32 Å². The predicted molar refractivity (Wildman–Crippen MR) is 76.9 cm³/mol. The van der Waals surface area contributed by atoms with Crippen molar-refractivity contribution >= 4 is 0 Å². The first-order chi connectivity index (χ1) is 9.26. The Morgan fingerprint density at radius 2 is 2.32 bits per heavy atom. The van der Waals surface area contributed by atoms with Crippen molar-refractivity contribution in [1.82, 2.24) is 15.1 Å². The second kappa shape index (κ2) is 6.75. The summed E-state index contributed by atoms with van der Waals surface area (Å²) in [7, 11) is 1.99. The van der Waals surface area contributed by atoms with Gasteiger partial charge in [-0.05, 0) is 37.8 Å². The molecule has 0 bridgehead atoms. The molecule has 1 aromatic heterocycles. The average molecular weight is 263 g/mol. The molecule has 4 nitrogen and oxygen atoms in total. The van der Waals surface area contributed by atoms with Gasteiger partial charge in [0.25, 0.3) is 0 Å². The number of rotatable bonds is 6. The summed E-state index contributed by atoms with van der Waals surface area (Å²) in [5.41, 5.74) is 3.83. The number of aryl methyl sites for hydroxylation is 2. The minimum Gasteiger partial charge on any atom is -0.501 e. The van der Waals surface area contributed by atoms with E-state index < -0.39 is 0 Å². The first kappa shape index (κ1) is 14.1. The molecule has 106 valence electrons. The first-order valence-corrected chi connectivity index (χ1v) is 7.32. The van der Waals surface area contributed by atoms with E-state index in [9.17, 15) is 0 Å². The number of ether oxygens (including phenoxy) is 1. The van der Waals surface area contributed by atoms with Gasteiger partial charge in [0, 0.05) is 18.8 Å². The summed E-state index contributed by atoms with van der Waals surface area (Å²) in [6.07, 6.45) is 8.41. The van der Waals surface area contributed by atoms with Crippen molar-refractivity contribution in [3.63, 3.8) is 0 Å². The fourth-order valence-corrected chi connectivity index (χ4v) is 2.60. The Bertz CT molecular complexity index is 437. The highest BCUT2D eigenvalue weighted by molar-refractivity contribution is 5.30. The van der Waals surface area contributed by atoms with Crippen LogP contribution >= 0.6 is 0 Å². The second-order valence-electron chi connectivity index (χ2n) is 5.11. The molecule has 1 aromatic rings. The molecule has 1 unspecified atom stereocenters. The third-order valence-electron chi connectivity index (χ3n) is 3.52. The van der Waals surface area contributed by atoms with E-state index in [1.54, 1.807) is 0 Å². The summed E-state index contributed by atoms with van der Waals surface area (Å²) in [4.78, 5) is 0. The second-order valence-corrected chi connectivity index (χ2v) is 5.11. The zero-order valence-electron chi connectivity index (χ0n) is 12.3. The van der Waals surface area contributed by atoms with E-state index in [0.717, 1.165) is 38.8 Å². The molecule has 4 heteroatoms. The van der Waals surface area contributed by atoms with Crippen molar-refractivity contribution in [2.24, 2.45) is 7.05 Å². The van der Waals surface area contributed by atoms with Gasteiger partial charge in [-0.1, -0.05) is 13.8 Å². The van der Waals surface area contributed by atoms with Crippen LogP contribution in [0.1, 0.15) is 50.4 Å². The molecule has 1 aliphatic heterocycles. The molecule has 0 saturated heterocycles. The minimum atomic E-state index is 0.254. The topological polar surface area (TPSA) is 39.1 Å². The van der Waals surface area contributed by atoms with E-state index in [2.05, 4.69) is 30.5 Å². The van der Waals surface area contributed by atoms with Crippen LogP contribution in [-0.2, 0) is 18.2 Å². The number of nitrogens with zero attached hydrogens (tertiary/aromatic N) is 2. The maximum absolute atomic E-state index is 5.52. The maximum atomic E-state index is 5.52. The highest BCUT2D eigenvalue weighted by Gasteiger charge is 2.22. The van der Waals surface area contributed by atoms with E-state index in [1.807, 2.05) is 18.0 Å². The fraction of sp³-hybridized carbons (Fsp3) is 0.667. The summed E-state index contributed by atoms with van der Waals surface area (Å²) in [6.45, 7) is 6.21. The van der Waals surface area contributed by atoms with Crippen molar-refractivity contribution in [2.75, 3.05) is 13.2 Å². The van der Waals surface area contributed by atoms with Gasteiger partial charge in [-0.2, -0.15) is 5.10 Å². The number of hydrogen-bond acceptors (Lipinski definition) is 3. The summed E-state index contributed by atoms with van der Waals surface area (Å²) < 4.78 is 7.43. The Morgan fingerprint density at radius 1 is 1.47 bits per heavy atom. The van der Waals surface area contributed by atoms with E-state index >= 15 is 0 Å². The quantitative estimate of drug-likeness (QED) is 0.857. The van der Waals surface area contributed by atoms with E-state index in [4.69, 9.17) is 4.74 Å². The molecule has 1 N–H and O–H groups in total. The maximum Gasteiger partial charge on any atom is 0.0876 e. The van der Waals surface area contributed by atoms with Crippen LogP contribution in [0.25, 0.3) is 0 Å². The average Bonchev–Trinajstić information content (AvgIpc) is 2.81. The summed E-state index contributed by atoms with van der Waals surface area (Å²) >= 11 is 0. The molecule has 0 aromatic carbocycles. The summed E-state index contributed by atoms with van der Waals surface area (Å²) in [6, 6.07) is 0.254. The molecule has 0 saturated carbocycles. The van der Waals surface area contributed by atoms with Crippen LogP contribution in [-0.4, -0.2) is 22.9 Å². The largest absolute Gasteiger partial charge is 0.501 e. The molecular formula is C15H25N3O. The Labute approximate surface area is 115 Å². The Balaban J connectivity index is 2.27. The molecule has 1 atom stereocenters. The lowest BCUT2D eigenvalue weighted by molar-refractivity contribution is 0.219. The van der Waals surface area contributed by atoms with Gasteiger partial charge in [-0.15, -0.1) is 0 Å². The molecule has 0 fully saturated rings. The third-order valence-corrected chi connectivity index (χ3v) is 3.52. The van der Waals surface area contributed by atoms with Crippen LogP contribution in [0, 0.1) is 0 Å². The lowest BCUT2D eigenvalue weighted by atomic mass is 9.95. The van der Waals surface area contributed by atoms with Crippen LogP contribution in [0.5, 0.6) is 0 Å². The van der Waals surface area contributed by atoms with Crippen molar-refractivity contribution in [1.29, 1.82) is 0 Å². The van der Waals surface area contributed by atoms with E-state index in [0.29, 0.717) is 0 Å². The van der Waals surface area contributed by atoms with Gasteiger partial charge in [0.1, 0.15) is 0 Å². The Kier molecular flexibility index (Phi) is 5.02. The highest BCUT2D eigenvalue weighted by Crippen LogP contribution is 2.29. The monoisotopic (exact) mass is 263 g/mol. The lowest BCUT2D eigenvalue weighted by Crippen LogP contribution is -2.26. The molecule has 0 radical (unpaired) electrons. The predicted octanol–water partition coefficient (Wildman–Crippen LogP) is 2.72. The molecule has 0 aliphatic carbocycles. The molecular weight excluding hydrogens is 238 g/mol. The molecule has 0 spiro atoms. The molecule has 0 amide bonds. The molecule has 19 heavy (non-hydrogen) atoms. The van der Waals surface area contributed by atoms with Gasteiger partial charge in [0.15, 0.2) is 0 Å². The molecule has 2 rings (SSSR count). The highest BCUT2D eigenvalue weighted by atomic mass is 16.5. The Hall–Kier alpha value is -1.29. The van der Waals surface area contributed by atoms with Gasteiger partial charge >= 0.3 is 0 Å². The molecule has 1 aliphatic rings. The number of nitrogens with one attached hydrogen (secondary N) is 1. The smallest absolute Gasteiger partial charge is 0.0876 e. The van der Waals surface area contributed by atoms with Gasteiger partial charge in [0.2, 0.25) is 0 Å². The van der Waals surface area contributed by atoms with Gasteiger partial charge in [0.05, 0.1) is 24.6 Å². The van der Waals surface area contributed by atoms with Crippen LogP contribution in [0.3, 0.4) is 0 Å². The first-order valence-electron chi connectivity index (χ1n) is 7.32. The van der Waals surface area contributed by atoms with E-state index in [1.165, 1.54) is 16.8 Å². The van der Waals surface area contributed by atoms with Crippen molar-refractivity contribution < 1.29 is 4.74 Å². The van der Waals surface area contributed by atoms with Crippen molar-refractivity contribution in [2.45, 2.75) is 45.6 Å². The van der Waals surface area contributed by atoms with Crippen LogP contribution in [0.15, 0.2) is 18.0 Å². The summed E-state index contributed by atoms with van der Waals surface area (Å²) in [5.74, 6) is 0. The lowest BCUT2D eigenvalue weighted by Gasteiger charge is -2.24. The fourth-order valence-electron chi connectivity index (χ4n) is 2.60.